The topological polar surface area (TPSA) is 88.6 Å². The van der Waals surface area contributed by atoms with Crippen LogP contribution in [0.25, 0.3) is 11.0 Å². The summed E-state index contributed by atoms with van der Waals surface area (Å²) < 4.78 is 11.0. The van der Waals surface area contributed by atoms with Gasteiger partial charge in [-0.3, -0.25) is 9.59 Å². The molecular weight excluding hydrogens is 394 g/mol. The second-order valence-electron chi connectivity index (χ2n) is 9.30. The first-order chi connectivity index (χ1) is 15.1. The number of hydrogen-bond acceptors (Lipinski definition) is 5. The van der Waals surface area contributed by atoms with E-state index in [-0.39, 0.29) is 17.2 Å². The number of nitrogens with one attached hydrogen (secondary N) is 1. The number of furan rings is 1. The van der Waals surface area contributed by atoms with Crippen LogP contribution >= 0.6 is 0 Å². The summed E-state index contributed by atoms with van der Waals surface area (Å²) in [6.07, 6.45) is 5.30. The number of aromatic nitrogens is 1. The van der Waals surface area contributed by atoms with Gasteiger partial charge in [0.25, 0.3) is 11.8 Å². The Morgan fingerprint density at radius 1 is 1.16 bits per heavy atom. The van der Waals surface area contributed by atoms with Crippen LogP contribution < -0.4 is 5.32 Å². The number of carbonyl (C=O) groups is 2. The monoisotopic (exact) mass is 419 g/mol. The maximum atomic E-state index is 12.8. The number of hydrogen-bond donors (Lipinski definition) is 1. The minimum absolute atomic E-state index is 0.0270. The number of carbonyl (C=O) groups excluding carboxylic acids is 2. The predicted molar refractivity (Wildman–Crippen MR) is 113 cm³/mol. The largest absolute Gasteiger partial charge is 0.451 e. The molecule has 1 atom stereocenters. The Morgan fingerprint density at radius 3 is 2.74 bits per heavy atom. The van der Waals surface area contributed by atoms with Crippen molar-refractivity contribution >= 4 is 22.8 Å². The number of nitrogens with zero attached hydrogens (tertiary/aromatic N) is 2. The molecule has 7 nitrogen and oxygen atoms in total. The van der Waals surface area contributed by atoms with E-state index in [4.69, 9.17) is 8.94 Å². The van der Waals surface area contributed by atoms with E-state index in [0.29, 0.717) is 29.8 Å². The number of piperidine rings is 1. The van der Waals surface area contributed by atoms with Crippen molar-refractivity contribution in [2.24, 2.45) is 11.3 Å². The summed E-state index contributed by atoms with van der Waals surface area (Å²) in [5.41, 5.74) is 1.41. The Balaban J connectivity index is 1.01. The lowest BCUT2D eigenvalue weighted by atomic mass is 9.90. The molecule has 2 amide bonds. The third kappa shape index (κ3) is 3.42. The number of fused-ring (bicyclic) bond motifs is 1. The Hall–Kier alpha value is -3.09. The van der Waals surface area contributed by atoms with Gasteiger partial charge in [-0.2, -0.15) is 0 Å². The molecule has 0 radical (unpaired) electrons. The SMILES string of the molecule is O=C(NCC1CC12CCN(C(=O)c1cc(C3CC3)on1)CC2)c1cc2ccccc2o1. The lowest BCUT2D eigenvalue weighted by Crippen LogP contribution is -2.40. The average Bonchev–Trinajstić information content (AvgIpc) is 3.64. The molecule has 1 saturated heterocycles. The molecule has 3 heterocycles. The molecular formula is C24H25N3O4. The molecule has 1 spiro atoms. The van der Waals surface area contributed by atoms with Gasteiger partial charge in [0.1, 0.15) is 11.3 Å². The van der Waals surface area contributed by atoms with E-state index in [9.17, 15) is 9.59 Å². The number of likely N-dealkylation sites (tertiary alicyclic amines) is 1. The van der Waals surface area contributed by atoms with Crippen molar-refractivity contribution in [1.29, 1.82) is 0 Å². The fourth-order valence-corrected chi connectivity index (χ4v) is 5.00. The van der Waals surface area contributed by atoms with Crippen LogP contribution in [0.2, 0.25) is 0 Å². The molecule has 2 saturated carbocycles. The first-order valence-corrected chi connectivity index (χ1v) is 11.1. The lowest BCUT2D eigenvalue weighted by molar-refractivity contribution is 0.0658. The first kappa shape index (κ1) is 18.7. The van der Waals surface area contributed by atoms with Crippen LogP contribution in [0.1, 0.15) is 64.8 Å². The molecule has 3 aliphatic rings. The second-order valence-corrected chi connectivity index (χ2v) is 9.30. The molecule has 31 heavy (non-hydrogen) atoms. The van der Waals surface area contributed by atoms with Crippen molar-refractivity contribution in [3.8, 4) is 0 Å². The summed E-state index contributed by atoms with van der Waals surface area (Å²) in [6, 6.07) is 11.2. The zero-order chi connectivity index (χ0) is 21.0. The third-order valence-corrected chi connectivity index (χ3v) is 7.29. The van der Waals surface area contributed by atoms with Crippen molar-refractivity contribution in [1.82, 2.24) is 15.4 Å². The third-order valence-electron chi connectivity index (χ3n) is 7.29. The normalized spacial score (nSPS) is 22.1. The lowest BCUT2D eigenvalue weighted by Gasteiger charge is -2.32. The number of amides is 2. The zero-order valence-electron chi connectivity index (χ0n) is 17.3. The van der Waals surface area contributed by atoms with E-state index in [2.05, 4.69) is 10.5 Å². The highest BCUT2D eigenvalue weighted by atomic mass is 16.5. The highest BCUT2D eigenvalue weighted by Gasteiger charge is 2.55. The quantitative estimate of drug-likeness (QED) is 0.676. The maximum absolute atomic E-state index is 12.8. The van der Waals surface area contributed by atoms with E-state index in [1.807, 2.05) is 35.2 Å². The Labute approximate surface area is 179 Å². The van der Waals surface area contributed by atoms with Crippen LogP contribution in [0.15, 0.2) is 45.3 Å². The van der Waals surface area contributed by atoms with Crippen LogP contribution in [0, 0.1) is 11.3 Å². The fourth-order valence-electron chi connectivity index (χ4n) is 5.00. The van der Waals surface area contributed by atoms with Gasteiger partial charge in [0.05, 0.1) is 0 Å². The van der Waals surface area contributed by atoms with Crippen LogP contribution in [0.4, 0.5) is 0 Å². The molecule has 2 aliphatic carbocycles. The summed E-state index contributed by atoms with van der Waals surface area (Å²) in [6.45, 7) is 2.12. The van der Waals surface area contributed by atoms with Gasteiger partial charge in [-0.15, -0.1) is 0 Å². The average molecular weight is 419 g/mol. The summed E-state index contributed by atoms with van der Waals surface area (Å²) in [5, 5.41) is 7.96. The number of para-hydroxylation sites is 1. The van der Waals surface area contributed by atoms with E-state index in [0.717, 1.165) is 61.9 Å². The van der Waals surface area contributed by atoms with Crippen molar-refractivity contribution in [2.75, 3.05) is 19.6 Å². The molecule has 0 bridgehead atoms. The molecule has 1 aromatic carbocycles. The Bertz CT molecular complexity index is 1120. The molecule has 3 fully saturated rings. The van der Waals surface area contributed by atoms with Crippen LogP contribution in [0.5, 0.6) is 0 Å². The smallest absolute Gasteiger partial charge is 0.287 e. The fraction of sp³-hybridized carbons (Fsp3) is 0.458. The molecule has 160 valence electrons. The van der Waals surface area contributed by atoms with Gasteiger partial charge in [0.2, 0.25) is 0 Å². The summed E-state index contributed by atoms with van der Waals surface area (Å²) in [5.74, 6) is 1.94. The van der Waals surface area contributed by atoms with Crippen LogP contribution in [-0.2, 0) is 0 Å². The Morgan fingerprint density at radius 2 is 1.97 bits per heavy atom. The van der Waals surface area contributed by atoms with Gasteiger partial charge in [0, 0.05) is 37.0 Å². The summed E-state index contributed by atoms with van der Waals surface area (Å²) in [7, 11) is 0. The summed E-state index contributed by atoms with van der Waals surface area (Å²) >= 11 is 0. The van der Waals surface area contributed by atoms with Crippen molar-refractivity contribution in [2.45, 2.75) is 38.0 Å². The highest BCUT2D eigenvalue weighted by molar-refractivity contribution is 5.96. The second kappa shape index (κ2) is 6.97. The standard InChI is InChI=1S/C24H25N3O4/c28-22(21-11-16-3-1-2-4-19(16)30-21)25-14-17-13-24(17)7-9-27(10-8-24)23(29)18-12-20(31-26-18)15-5-6-15/h1-4,11-12,15,17H,5-10,13-14H2,(H,25,28). The Kier molecular flexibility index (Phi) is 4.20. The predicted octanol–water partition coefficient (Wildman–Crippen LogP) is 3.97. The molecule has 6 rings (SSSR count). The maximum Gasteiger partial charge on any atom is 0.287 e. The van der Waals surface area contributed by atoms with Gasteiger partial charge in [-0.05, 0) is 55.6 Å². The van der Waals surface area contributed by atoms with Gasteiger partial charge in [0.15, 0.2) is 11.5 Å². The molecule has 3 aromatic rings. The molecule has 2 aromatic heterocycles. The van der Waals surface area contributed by atoms with Gasteiger partial charge in [-0.25, -0.2) is 0 Å². The van der Waals surface area contributed by atoms with Crippen molar-refractivity contribution in [3.63, 3.8) is 0 Å². The van der Waals surface area contributed by atoms with E-state index < -0.39 is 0 Å². The van der Waals surface area contributed by atoms with Crippen LogP contribution in [-0.4, -0.2) is 41.5 Å². The minimum atomic E-state index is -0.164. The van der Waals surface area contributed by atoms with E-state index >= 15 is 0 Å². The number of benzene rings is 1. The van der Waals surface area contributed by atoms with Crippen molar-refractivity contribution in [3.05, 3.63) is 53.6 Å². The molecule has 1 unspecified atom stereocenters. The van der Waals surface area contributed by atoms with Gasteiger partial charge in [-0.1, -0.05) is 23.4 Å². The molecule has 1 aliphatic heterocycles. The van der Waals surface area contributed by atoms with Gasteiger partial charge >= 0.3 is 0 Å². The van der Waals surface area contributed by atoms with Crippen molar-refractivity contribution < 1.29 is 18.5 Å². The molecule has 7 heteroatoms. The van der Waals surface area contributed by atoms with Crippen LogP contribution in [0.3, 0.4) is 0 Å². The van der Waals surface area contributed by atoms with E-state index in [1.54, 1.807) is 6.07 Å². The number of rotatable bonds is 5. The highest BCUT2D eigenvalue weighted by Crippen LogP contribution is 2.59. The summed E-state index contributed by atoms with van der Waals surface area (Å²) in [4.78, 5) is 27.1. The molecule has 1 N–H and O–H groups in total. The zero-order valence-corrected chi connectivity index (χ0v) is 17.3. The van der Waals surface area contributed by atoms with Gasteiger partial charge < -0.3 is 19.2 Å². The van der Waals surface area contributed by atoms with E-state index in [1.165, 1.54) is 0 Å². The first-order valence-electron chi connectivity index (χ1n) is 11.1. The minimum Gasteiger partial charge on any atom is -0.451 e.